The van der Waals surface area contributed by atoms with Crippen LogP contribution in [0.2, 0.25) is 0 Å². The highest BCUT2D eigenvalue weighted by atomic mass is 32.2. The number of nitrogens with one attached hydrogen (secondary N) is 8. The summed E-state index contributed by atoms with van der Waals surface area (Å²) >= 11 is 4.07. The predicted molar refractivity (Wildman–Crippen MR) is 576 cm³/mol. The quantitative estimate of drug-likeness (QED) is 0.0104. The van der Waals surface area contributed by atoms with E-state index in [0.717, 1.165) is 107 Å². The number of amides is 7. The second kappa shape index (κ2) is 118. The van der Waals surface area contributed by atoms with E-state index in [4.69, 9.17) is 60.0 Å². The van der Waals surface area contributed by atoms with Gasteiger partial charge in [0, 0.05) is 202 Å². The van der Waals surface area contributed by atoms with Gasteiger partial charge in [-0.1, -0.05) is 182 Å². The molecule has 133 heavy (non-hydrogen) atoms. The number of aryl methyl sites for hydroxylation is 3. The van der Waals surface area contributed by atoms with Crippen molar-refractivity contribution < 1.29 is 64.2 Å². The SMILES string of the molecule is C=S(C)(C)=O.CC(C)C.CC(N)=O.CC1=CCC=N1.CC1CCCCC1.CC1CCOC1.CC1COC1.CCC(=N)CC(=N)N.CCC(=N)N.CCC(C)=O.CCC(N)=S.CCN(C)C.CCN(CC)C(C)=O.CCS(C)(=O)=O.CN1CCNC1=O.CNC(N)=O.CNC=O.CNP(C)(C)=O.CNS(=O)[O-].Cc1ccccc1.Cc1ccccn1.Cc1cncs1.[C-]#[N+]/N=C(\N)CC. The molecule has 3 saturated heterocycles. The number of ether oxygens (including phenoxy) is 2. The highest BCUT2D eigenvalue weighted by Crippen LogP contribution is 2.27. The third-order valence-electron chi connectivity index (χ3n) is 14.1. The van der Waals surface area contributed by atoms with Gasteiger partial charge in [-0.2, -0.15) is 6.57 Å². The Bertz CT molecular complexity index is 3500. The molecule has 0 bridgehead atoms. The minimum absolute atomic E-state index is 0.0417. The molecule has 4 aliphatic heterocycles. The van der Waals surface area contributed by atoms with Crippen molar-refractivity contribution in [2.24, 2.45) is 68.2 Å². The van der Waals surface area contributed by atoms with Crippen LogP contribution in [-0.2, 0) is 63.8 Å². The van der Waals surface area contributed by atoms with Crippen molar-refractivity contribution in [1.29, 1.82) is 16.2 Å². The number of primary amides is 2. The average Bonchev–Trinajstić information content (AvgIpc) is 1.81. The fourth-order valence-electron chi connectivity index (χ4n) is 5.77. The van der Waals surface area contributed by atoms with E-state index < -0.39 is 43.9 Å². The number of allylic oxidation sites excluding steroid dienone is 2. The van der Waals surface area contributed by atoms with Crippen LogP contribution in [0.3, 0.4) is 0 Å². The Balaban J connectivity index is -0.0000000844. The number of carbonyl (C=O) groups excluding carboxylic acids is 6. The molecule has 1 aromatic carbocycles. The predicted octanol–water partition coefficient (Wildman–Crippen LogP) is 14.5. The number of urea groups is 2. The van der Waals surface area contributed by atoms with Crippen LogP contribution in [0.15, 0.2) is 88.3 Å². The minimum atomic E-state index is -2.66. The topological polar surface area (TPSA) is 582 Å². The molecule has 42 heteroatoms. The molecule has 8 rings (SSSR count). The number of thiocarbonyl (C=S) groups is 1. The Hall–Kier alpha value is -8.40. The van der Waals surface area contributed by atoms with Crippen LogP contribution in [0.1, 0.15) is 231 Å². The summed E-state index contributed by atoms with van der Waals surface area (Å²) < 4.78 is 70.9. The van der Waals surface area contributed by atoms with Gasteiger partial charge in [0.05, 0.1) is 35.4 Å². The molecule has 1 saturated carbocycles. The smallest absolute Gasteiger partial charge is 0.317 e. The van der Waals surface area contributed by atoms with Gasteiger partial charge in [-0.25, -0.2) is 18.0 Å². The molecule has 5 aliphatic rings. The normalized spacial score (nSPS) is 12.8. The summed E-state index contributed by atoms with van der Waals surface area (Å²) in [4.78, 5) is 80.4. The summed E-state index contributed by atoms with van der Waals surface area (Å²) in [7, 11) is 5.73. The fourth-order valence-corrected chi connectivity index (χ4v) is 6.18. The number of sulfone groups is 1. The Morgan fingerprint density at radius 3 is 1.28 bits per heavy atom. The number of amidine groups is 3. The van der Waals surface area contributed by atoms with E-state index in [2.05, 4.69) is 168 Å². The molecular formula is C91H188N22O14PS5-. The maximum Gasteiger partial charge on any atom is 0.317 e. The highest BCUT2D eigenvalue weighted by Gasteiger charge is 2.13. The number of nitrogens with zero attached hydrogens (tertiary/aromatic N) is 8. The van der Waals surface area contributed by atoms with Crippen LogP contribution in [0.5, 0.6) is 0 Å². The van der Waals surface area contributed by atoms with E-state index in [0.29, 0.717) is 55.1 Å². The van der Waals surface area contributed by atoms with E-state index in [-0.39, 0.29) is 41.1 Å². The number of carbonyl (C=O) groups is 6. The lowest BCUT2D eigenvalue weighted by Crippen LogP contribution is -2.27. The summed E-state index contributed by atoms with van der Waals surface area (Å²) in [6.07, 6.45) is 26.3. The van der Waals surface area contributed by atoms with Crippen LogP contribution in [-0.4, -0.2) is 269 Å². The standard InChI is InChI=1S/C7H14.C7H8.C6H13NO.C6H7N.C5H11N3.C5H7N.C5H10O.C4H7N3.C4H8N2O.C4H5NS.C4H11N.2C4H8O.C4H10.C3H8N2.C3H10NOP.C3H7NS.C3H8O2S.C3H8OS.C2H6N2O.2C2H5NO.CH5NO2S/c2*1-7-5-3-2-4-6-7;1-4-7(5-2)6(3)8;1-6-4-2-3-5-7-6;1-2-4(6)3-5(7)8;1-5-3-2-4-6-5;1-5-2-3-6-4-5;1-3-4(5)7-6-2;1-6-3-2-5-4(6)7;1-4-2-5-3-6-4;1-4-5(2)3;1-4-2-5-3-4;1-3-4(2)5;1-4(2)3;1-2-3(4)5;1-4-6(2,3)5;1-2-3(4)5;1-3-6(2,4)5;1-5(2,3)4;1-4-2(3)5;1-3-2-4;1-2(3)4;1-2-5(3)4/h7H,2-6H2,1H3;2-6H,1H3;4-5H2,1-3H3;2-5H,1H3;6H,2-3H2,1H3,(H3,7,8);3-4H,2H2,1H3;5H,2-4H2,1H3;3H2,1H3,(H2,5,7);2-3H2,1H3,(H,5,7);2-3H,1H3;4H2,1-3H3;4H,2-3H2,1H3;3H2,1-2H3;4H,1-3H3;2H2,1H3,(H3,4,5);1-3H3,(H,4,5);2H2,1H3,(H2,4,5);3H2,1-2H3;1H2,2-3H3;1H3,(H3,3,4,5);2H,1H3,(H,3,4);1H3,(H2,3,4);2H,1H3,(H,3,4)/p-1. The molecule has 2 unspecified atom stereocenters. The average molecular weight is 2010 g/mol. The molecule has 6 heterocycles. The van der Waals surface area contributed by atoms with Gasteiger partial charge in [0.15, 0.2) is 5.84 Å². The van der Waals surface area contributed by atoms with Crippen molar-refractivity contribution in [3.05, 3.63) is 106 Å². The first-order valence-electron chi connectivity index (χ1n) is 43.8. The van der Waals surface area contributed by atoms with Crippen molar-refractivity contribution >= 4 is 138 Å². The lowest BCUT2D eigenvalue weighted by molar-refractivity contribution is -0.128. The molecule has 3 aromatic rings. The number of thiazole rings is 1. The Morgan fingerprint density at radius 1 is 0.774 bits per heavy atom. The molecular weight excluding hydrogens is 1820 g/mol. The zero-order valence-corrected chi connectivity index (χ0v) is 93.1. The van der Waals surface area contributed by atoms with Gasteiger partial charge < -0.3 is 93.8 Å². The van der Waals surface area contributed by atoms with E-state index in [9.17, 15) is 49.9 Å². The van der Waals surface area contributed by atoms with Gasteiger partial charge in [0.25, 0.3) is 0 Å². The van der Waals surface area contributed by atoms with E-state index >= 15 is 0 Å². The van der Waals surface area contributed by atoms with Gasteiger partial charge in [0.2, 0.25) is 18.2 Å². The van der Waals surface area contributed by atoms with E-state index in [1.165, 1.54) is 76.2 Å². The number of aromatic nitrogens is 2. The van der Waals surface area contributed by atoms with E-state index in [1.54, 1.807) is 95.1 Å². The second-order valence-corrected chi connectivity index (χ2v) is 41.2. The largest absolute Gasteiger partial charge is 0.760 e. The first kappa shape index (κ1) is 158. The molecule has 2 atom stereocenters. The Morgan fingerprint density at radius 2 is 1.19 bits per heavy atom. The number of ketones is 1. The number of pyridine rings is 1. The molecule has 4 fully saturated rings. The zero-order valence-electron chi connectivity index (χ0n) is 88.1. The van der Waals surface area contributed by atoms with Crippen LogP contribution < -0.4 is 60.2 Å². The number of hydrogen-bond donors (Lipinski definition) is 14. The van der Waals surface area contributed by atoms with Crippen LogP contribution in [0.25, 0.3) is 4.95 Å². The second-order valence-electron chi connectivity index (χ2n) is 30.2. The lowest BCUT2D eigenvalue weighted by atomic mass is 9.91. The van der Waals surface area contributed by atoms with Crippen molar-refractivity contribution in [1.82, 2.24) is 50.4 Å². The number of Topliss-reactive ketones (excluding diaryl/α,β-unsaturated/α-hetero) is 1. The number of benzene rings is 1. The van der Waals surface area contributed by atoms with Gasteiger partial charge in [0.1, 0.15) is 28.0 Å². The number of likely N-dealkylation sites (N-methyl/N-ethyl adjacent to an activating group) is 1. The maximum atomic E-state index is 10.5. The van der Waals surface area contributed by atoms with Crippen LogP contribution in [0, 0.1) is 67.2 Å². The van der Waals surface area contributed by atoms with Gasteiger partial charge in [-0.15, -0.1) is 16.3 Å². The van der Waals surface area contributed by atoms with Crippen molar-refractivity contribution in [3.63, 3.8) is 0 Å². The van der Waals surface area contributed by atoms with Gasteiger partial charge >= 0.3 is 12.1 Å². The van der Waals surface area contributed by atoms with Gasteiger partial charge in [-0.05, 0) is 148 Å². The molecule has 2 aromatic heterocycles. The third-order valence-corrected chi connectivity index (χ3v) is 17.5. The number of rotatable bonds is 14. The summed E-state index contributed by atoms with van der Waals surface area (Å²) in [5, 5.41) is 33.3. The van der Waals surface area contributed by atoms with Crippen molar-refractivity contribution in [3.8, 4) is 0 Å². The van der Waals surface area contributed by atoms with E-state index in [1.807, 2.05) is 128 Å². The maximum absolute atomic E-state index is 10.5. The molecule has 20 N–H and O–H groups in total. The minimum Gasteiger partial charge on any atom is -0.760 e. The summed E-state index contributed by atoms with van der Waals surface area (Å²) in [6, 6.07) is 15.7. The molecule has 7 amide bonds. The molecule has 36 nitrogen and oxygen atoms in total. The first-order valence-corrected chi connectivity index (χ1v) is 53.4. The highest BCUT2D eigenvalue weighted by molar-refractivity contribution is 7.99. The Kier molecular flexibility index (Phi) is 140. The summed E-state index contributed by atoms with van der Waals surface area (Å²) in [5.74, 6) is 7.89. The molecule has 0 radical (unpaired) electrons. The number of aliphatic imine (C=N–C) groups is 1. The first-order chi connectivity index (χ1) is 61.4. The van der Waals surface area contributed by atoms with Crippen molar-refractivity contribution in [2.45, 2.75) is 236 Å². The zero-order chi connectivity index (χ0) is 108. The van der Waals surface area contributed by atoms with Crippen LogP contribution in [0.4, 0.5) is 9.59 Å². The molecule has 0 spiro atoms. The molecule has 782 valence electrons. The number of hydrogen-bond acceptors (Lipinski definition) is 24. The van der Waals surface area contributed by atoms with Crippen molar-refractivity contribution in [2.75, 3.05) is 146 Å². The molecule has 1 aliphatic carbocycles. The van der Waals surface area contributed by atoms with Crippen LogP contribution >= 0.6 is 30.8 Å². The summed E-state index contributed by atoms with van der Waals surface area (Å²) in [6.45, 7) is 60.9. The monoisotopic (exact) mass is 2000 g/mol. The van der Waals surface area contributed by atoms with Gasteiger partial charge in [-0.3, -0.25) is 58.4 Å². The lowest BCUT2D eigenvalue weighted by Gasteiger charge is -2.20. The Labute approximate surface area is 819 Å². The fraction of sp³-hybridized carbons (Fsp3) is 0.670. The number of nitrogens with two attached hydrogens (primary N) is 6. The third kappa shape index (κ3) is 223. The summed E-state index contributed by atoms with van der Waals surface area (Å²) in [5.41, 5.74) is 34.9.